The number of aliphatic hydroxyl groups excluding tert-OH is 1. The topological polar surface area (TPSA) is 101 Å². The Labute approximate surface area is 223 Å². The number of amides is 1. The van der Waals surface area contributed by atoms with Crippen LogP contribution in [0.1, 0.15) is 64.2 Å². The molecule has 3 aliphatic rings. The summed E-state index contributed by atoms with van der Waals surface area (Å²) in [5.74, 6) is 2.10. The van der Waals surface area contributed by atoms with E-state index in [1.807, 2.05) is 12.1 Å². The number of carbonyl (C=O) groups excluding carboxylic acids is 1. The van der Waals surface area contributed by atoms with E-state index >= 15 is 0 Å². The van der Waals surface area contributed by atoms with E-state index in [4.69, 9.17) is 9.15 Å². The lowest BCUT2D eigenvalue weighted by molar-refractivity contribution is 0.0841. The molecule has 0 unspecified atom stereocenters. The highest BCUT2D eigenvalue weighted by Gasteiger charge is 2.52. The Morgan fingerprint density at radius 2 is 2.18 bits per heavy atom. The number of hydrogen-bond donors (Lipinski definition) is 2. The molecule has 1 aliphatic heterocycles. The van der Waals surface area contributed by atoms with Crippen molar-refractivity contribution in [1.82, 2.24) is 20.2 Å². The maximum absolute atomic E-state index is 12.8. The van der Waals surface area contributed by atoms with Crippen LogP contribution in [-0.4, -0.2) is 51.6 Å². The van der Waals surface area contributed by atoms with E-state index in [0.717, 1.165) is 42.9 Å². The minimum absolute atomic E-state index is 0.155. The summed E-state index contributed by atoms with van der Waals surface area (Å²) in [6.07, 6.45) is 11.4. The van der Waals surface area contributed by atoms with Crippen LogP contribution in [-0.2, 0) is 26.0 Å². The van der Waals surface area contributed by atoms with Crippen molar-refractivity contribution in [1.29, 1.82) is 0 Å². The van der Waals surface area contributed by atoms with Gasteiger partial charge in [0.25, 0.3) is 5.91 Å². The fourth-order valence-electron chi connectivity index (χ4n) is 6.25. The Balaban J connectivity index is 0.968. The first-order valence-electron chi connectivity index (χ1n) is 13.7. The molecule has 0 bridgehead atoms. The molecule has 38 heavy (non-hydrogen) atoms. The minimum Gasteiger partial charge on any atom is -0.485 e. The zero-order valence-corrected chi connectivity index (χ0v) is 22.0. The van der Waals surface area contributed by atoms with Crippen molar-refractivity contribution in [3.8, 4) is 5.75 Å². The molecule has 6 rings (SSSR count). The molecule has 0 saturated heterocycles. The number of aliphatic hydroxyl groups is 1. The van der Waals surface area contributed by atoms with E-state index in [9.17, 15) is 9.90 Å². The molecule has 3 aromatic rings. The number of nitrogens with zero attached hydrogens (tertiary/aromatic N) is 3. The van der Waals surface area contributed by atoms with Crippen LogP contribution >= 0.6 is 0 Å². The van der Waals surface area contributed by atoms with Crippen LogP contribution in [0.2, 0.25) is 0 Å². The smallest absolute Gasteiger partial charge is 0.251 e. The lowest BCUT2D eigenvalue weighted by Gasteiger charge is -2.35. The summed E-state index contributed by atoms with van der Waals surface area (Å²) >= 11 is 0. The molecular formula is C30H36N4O4. The van der Waals surface area contributed by atoms with E-state index in [1.165, 1.54) is 43.2 Å². The van der Waals surface area contributed by atoms with E-state index < -0.39 is 6.10 Å². The van der Waals surface area contributed by atoms with Gasteiger partial charge in [-0.15, -0.1) is 0 Å². The van der Waals surface area contributed by atoms with Crippen LogP contribution in [0.4, 0.5) is 0 Å². The number of hydrogen-bond acceptors (Lipinski definition) is 7. The molecule has 8 nitrogen and oxygen atoms in total. The maximum atomic E-state index is 12.8. The Hall–Kier alpha value is -3.23. The molecule has 1 atom stereocenters. The standard InChI is InChI=1S/C30H36N4O4/c1-20-27-5-9-34(16-23(27)2-3-28(20)37-18-26-15-31-19-38-26)17-25(35)14-33-29(36)22-4-8-32-24(11-22)10-21-12-30(13-21)6-7-30/h2-4,8,11,15,19,21,25,35H,5-7,9-10,12-14,16-18H2,1H3,(H,33,36)/t25-/m0/s1. The Morgan fingerprint density at radius 3 is 2.97 bits per heavy atom. The van der Waals surface area contributed by atoms with Crippen LogP contribution in [0.15, 0.2) is 47.5 Å². The summed E-state index contributed by atoms with van der Waals surface area (Å²) < 4.78 is 11.2. The van der Waals surface area contributed by atoms with Gasteiger partial charge in [-0.3, -0.25) is 14.7 Å². The van der Waals surface area contributed by atoms with Crippen molar-refractivity contribution < 1.29 is 19.1 Å². The molecule has 1 amide bonds. The summed E-state index contributed by atoms with van der Waals surface area (Å²) in [4.78, 5) is 23.4. The molecule has 2 N–H and O–H groups in total. The molecule has 2 fully saturated rings. The van der Waals surface area contributed by atoms with Crippen LogP contribution in [0.25, 0.3) is 0 Å². The molecule has 2 aliphatic carbocycles. The van der Waals surface area contributed by atoms with Crippen molar-refractivity contribution in [2.75, 3.05) is 19.6 Å². The summed E-state index contributed by atoms with van der Waals surface area (Å²) in [7, 11) is 0. The largest absolute Gasteiger partial charge is 0.485 e. The summed E-state index contributed by atoms with van der Waals surface area (Å²) in [5, 5.41) is 13.6. The van der Waals surface area contributed by atoms with Gasteiger partial charge in [-0.05, 0) is 91.7 Å². The van der Waals surface area contributed by atoms with Gasteiger partial charge >= 0.3 is 0 Å². The molecular weight excluding hydrogens is 480 g/mol. The minimum atomic E-state index is -0.642. The Kier molecular flexibility index (Phi) is 6.93. The SMILES string of the molecule is Cc1c(OCc2cnco2)ccc2c1CCN(C[C@@H](O)CNC(=O)c1ccnc(CC3CC4(CC4)C3)c1)C2. The number of benzene rings is 1. The Bertz CT molecular complexity index is 1280. The fraction of sp³-hybridized carbons (Fsp3) is 0.500. The molecule has 2 aromatic heterocycles. The monoisotopic (exact) mass is 516 g/mol. The second-order valence-corrected chi connectivity index (χ2v) is 11.4. The first-order chi connectivity index (χ1) is 18.5. The third-order valence-electron chi connectivity index (χ3n) is 8.52. The third-order valence-corrected chi connectivity index (χ3v) is 8.52. The highest BCUT2D eigenvalue weighted by molar-refractivity contribution is 5.94. The van der Waals surface area contributed by atoms with Gasteiger partial charge in [0.2, 0.25) is 0 Å². The van der Waals surface area contributed by atoms with Gasteiger partial charge in [0.15, 0.2) is 12.2 Å². The second kappa shape index (κ2) is 10.5. The van der Waals surface area contributed by atoms with E-state index in [0.29, 0.717) is 35.8 Å². The quantitative estimate of drug-likeness (QED) is 0.422. The third kappa shape index (κ3) is 5.61. The van der Waals surface area contributed by atoms with Gasteiger partial charge in [0.05, 0.1) is 12.3 Å². The number of carbonyl (C=O) groups is 1. The molecule has 200 valence electrons. The predicted octanol–water partition coefficient (Wildman–Crippen LogP) is 3.84. The second-order valence-electron chi connectivity index (χ2n) is 11.4. The van der Waals surface area contributed by atoms with Crippen molar-refractivity contribution in [2.45, 2.75) is 64.7 Å². The predicted molar refractivity (Wildman–Crippen MR) is 142 cm³/mol. The van der Waals surface area contributed by atoms with Crippen LogP contribution in [0.5, 0.6) is 5.75 Å². The highest BCUT2D eigenvalue weighted by atomic mass is 16.5. The van der Waals surface area contributed by atoms with Crippen molar-refractivity contribution in [2.24, 2.45) is 11.3 Å². The van der Waals surface area contributed by atoms with Crippen molar-refractivity contribution >= 4 is 5.91 Å². The number of β-amino-alcohol motifs (C(OH)–C–C–N with tert-alkyl or cyclic N) is 1. The zero-order chi connectivity index (χ0) is 26.1. The lowest BCUT2D eigenvalue weighted by Crippen LogP contribution is -2.42. The normalized spacial score (nSPS) is 19.0. The van der Waals surface area contributed by atoms with Gasteiger partial charge in [0, 0.05) is 43.6 Å². The van der Waals surface area contributed by atoms with Crippen molar-refractivity contribution in [3.05, 3.63) is 76.8 Å². The number of oxazole rings is 1. The van der Waals surface area contributed by atoms with Crippen LogP contribution < -0.4 is 10.1 Å². The zero-order valence-electron chi connectivity index (χ0n) is 22.0. The lowest BCUT2D eigenvalue weighted by atomic mass is 9.70. The average Bonchev–Trinajstić information content (AvgIpc) is 3.52. The number of nitrogens with one attached hydrogen (secondary N) is 1. The highest BCUT2D eigenvalue weighted by Crippen LogP contribution is 2.63. The van der Waals surface area contributed by atoms with Gasteiger partial charge in [0.1, 0.15) is 12.4 Å². The molecule has 2 saturated carbocycles. The van der Waals surface area contributed by atoms with E-state index in [-0.39, 0.29) is 12.5 Å². The van der Waals surface area contributed by atoms with Crippen molar-refractivity contribution in [3.63, 3.8) is 0 Å². The first-order valence-corrected chi connectivity index (χ1v) is 13.7. The van der Waals surface area contributed by atoms with Gasteiger partial charge in [-0.25, -0.2) is 4.98 Å². The number of aromatic nitrogens is 2. The molecule has 1 aromatic carbocycles. The van der Waals surface area contributed by atoms with Crippen LogP contribution in [0, 0.1) is 18.3 Å². The van der Waals surface area contributed by atoms with Gasteiger partial charge < -0.3 is 19.6 Å². The fourth-order valence-corrected chi connectivity index (χ4v) is 6.25. The summed E-state index contributed by atoms with van der Waals surface area (Å²) in [6, 6.07) is 7.77. The number of pyridine rings is 1. The molecule has 8 heteroatoms. The summed E-state index contributed by atoms with van der Waals surface area (Å²) in [6.45, 7) is 4.78. The molecule has 3 heterocycles. The average molecular weight is 517 g/mol. The van der Waals surface area contributed by atoms with E-state index in [2.05, 4.69) is 33.2 Å². The Morgan fingerprint density at radius 1 is 1.32 bits per heavy atom. The van der Waals surface area contributed by atoms with Gasteiger partial charge in [-0.2, -0.15) is 0 Å². The first kappa shape index (κ1) is 25.1. The van der Waals surface area contributed by atoms with Crippen LogP contribution in [0.3, 0.4) is 0 Å². The number of fused-ring (bicyclic) bond motifs is 1. The number of ether oxygens (including phenoxy) is 1. The summed E-state index contributed by atoms with van der Waals surface area (Å²) in [5.41, 5.74) is 6.00. The van der Waals surface area contributed by atoms with Gasteiger partial charge in [-0.1, -0.05) is 6.07 Å². The number of rotatable bonds is 10. The van der Waals surface area contributed by atoms with E-state index in [1.54, 1.807) is 18.5 Å². The maximum Gasteiger partial charge on any atom is 0.251 e. The molecule has 1 spiro atoms. The molecule has 0 radical (unpaired) electrons.